The Morgan fingerprint density at radius 3 is 1.40 bits per heavy atom. The quantitative estimate of drug-likeness (QED) is 0.525. The van der Waals surface area contributed by atoms with Gasteiger partial charge in [-0.3, -0.25) is 0 Å². The van der Waals surface area contributed by atoms with Gasteiger partial charge in [0.15, 0.2) is 0 Å². The molecule has 1 rings (SSSR count). The van der Waals surface area contributed by atoms with Crippen LogP contribution in [0.5, 0.6) is 0 Å². The van der Waals surface area contributed by atoms with E-state index in [1.165, 1.54) is 0 Å². The number of carbonyl (C=O) groups is 2. The van der Waals surface area contributed by atoms with E-state index in [9.17, 15) is 9.59 Å². The van der Waals surface area contributed by atoms with E-state index in [-0.39, 0.29) is 8.35 Å². The molecule has 2 nitrogen and oxygen atoms in total. The summed E-state index contributed by atoms with van der Waals surface area (Å²) >= 11 is -0.571. The monoisotopic (exact) mass is 251 g/mol. The van der Waals surface area contributed by atoms with Crippen LogP contribution in [0, 0.1) is 0 Å². The molecule has 0 amide bonds. The molecular formula is C2O2Pt. The van der Waals surface area contributed by atoms with Crippen molar-refractivity contribution < 1.29 is 28.2 Å². The minimum absolute atomic E-state index is 0.106. The summed E-state index contributed by atoms with van der Waals surface area (Å²) in [6, 6.07) is 0. The molecule has 1 heterocycles. The van der Waals surface area contributed by atoms with Crippen molar-refractivity contribution >= 4 is 8.35 Å². The van der Waals surface area contributed by atoms with Crippen LogP contribution in [0.3, 0.4) is 0 Å². The molecule has 0 spiro atoms. The number of hydrogen-bond donors (Lipinski definition) is 0. The first-order valence-electron chi connectivity index (χ1n) is 0.974. The van der Waals surface area contributed by atoms with Crippen molar-refractivity contribution in [2.24, 2.45) is 0 Å². The van der Waals surface area contributed by atoms with Crippen LogP contribution >= 0.6 is 0 Å². The average molecular weight is 251 g/mol. The normalized spacial score (nSPS) is 21.6. The molecule has 0 unspecified atom stereocenters. The van der Waals surface area contributed by atoms with Gasteiger partial charge in [-0.15, -0.1) is 0 Å². The van der Waals surface area contributed by atoms with Crippen molar-refractivity contribution in [2.45, 2.75) is 0 Å². The maximum atomic E-state index is 9.59. The predicted molar refractivity (Wildman–Crippen MR) is 10.0 cm³/mol. The van der Waals surface area contributed by atoms with Crippen LogP contribution < -0.4 is 0 Å². The second-order valence-corrected chi connectivity index (χ2v) is 3.20. The zero-order valence-electron chi connectivity index (χ0n) is 2.13. The molecule has 1 aliphatic heterocycles. The Hall–Kier alpha value is 0.0283. The molecule has 0 atom stereocenters. The molecule has 1 saturated heterocycles. The number of rotatable bonds is 0. The average Bonchev–Trinajstić information content (AvgIpc) is 1.79. The van der Waals surface area contributed by atoms with Crippen LogP contribution in [0.15, 0.2) is 0 Å². The first-order chi connectivity index (χ1) is 2.30. The minimum atomic E-state index is -0.571. The van der Waals surface area contributed by atoms with E-state index in [0.29, 0.717) is 0 Å². The van der Waals surface area contributed by atoms with Gasteiger partial charge in [-0.05, 0) is 0 Å². The molecule has 5 heavy (non-hydrogen) atoms. The van der Waals surface area contributed by atoms with Gasteiger partial charge in [0.25, 0.3) is 0 Å². The second-order valence-electron chi connectivity index (χ2n) is 0.570. The maximum absolute atomic E-state index is 9.59. The molecule has 0 aromatic heterocycles. The summed E-state index contributed by atoms with van der Waals surface area (Å²) in [5.74, 6) is 0. The topological polar surface area (TPSA) is 34.1 Å². The standard InChI is InChI=1S/C2O2.Pt/c3-1-2-4;. The summed E-state index contributed by atoms with van der Waals surface area (Å²) in [6.07, 6.45) is 0. The van der Waals surface area contributed by atoms with Crippen LogP contribution in [0.2, 0.25) is 0 Å². The van der Waals surface area contributed by atoms with Gasteiger partial charge in [0, 0.05) is 0 Å². The molecule has 0 aliphatic carbocycles. The van der Waals surface area contributed by atoms with Crippen molar-refractivity contribution in [3.05, 3.63) is 0 Å². The van der Waals surface area contributed by atoms with Crippen LogP contribution in [-0.4, -0.2) is 8.35 Å². The van der Waals surface area contributed by atoms with Crippen LogP contribution in [0.1, 0.15) is 0 Å². The number of carbonyl (C=O) groups excluding carboxylic acids is 2. The number of hydrogen-bond acceptors (Lipinski definition) is 2. The molecule has 30 valence electrons. The van der Waals surface area contributed by atoms with Crippen molar-refractivity contribution in [2.75, 3.05) is 0 Å². The molecule has 0 bridgehead atoms. The van der Waals surface area contributed by atoms with Crippen molar-refractivity contribution in [3.63, 3.8) is 0 Å². The first-order valence-corrected chi connectivity index (χ1v) is 3.25. The third-order valence-corrected chi connectivity index (χ3v) is 1.75. The third kappa shape index (κ3) is 0.456. The SMILES string of the molecule is O=[C]1[Pt][C]1=O. The summed E-state index contributed by atoms with van der Waals surface area (Å²) in [4.78, 5) is 19.2. The van der Waals surface area contributed by atoms with Crippen LogP contribution in [-0.2, 0) is 28.2 Å². The van der Waals surface area contributed by atoms with Gasteiger partial charge in [0.1, 0.15) is 0 Å². The molecule has 0 aromatic carbocycles. The molecule has 1 aliphatic rings. The Kier molecular flexibility index (Phi) is 0.483. The van der Waals surface area contributed by atoms with Gasteiger partial charge in [-0.1, -0.05) is 0 Å². The van der Waals surface area contributed by atoms with Gasteiger partial charge in [-0.2, -0.15) is 0 Å². The Morgan fingerprint density at radius 2 is 1.40 bits per heavy atom. The van der Waals surface area contributed by atoms with Gasteiger partial charge in [-0.25, -0.2) is 0 Å². The van der Waals surface area contributed by atoms with Crippen LogP contribution in [0.25, 0.3) is 0 Å². The summed E-state index contributed by atoms with van der Waals surface area (Å²) in [5, 5.41) is 0. The van der Waals surface area contributed by atoms with E-state index in [4.69, 9.17) is 0 Å². The Bertz CT molecular complexity index is 83.8. The summed E-state index contributed by atoms with van der Waals surface area (Å²) in [6.45, 7) is 0. The van der Waals surface area contributed by atoms with Crippen molar-refractivity contribution in [3.8, 4) is 0 Å². The van der Waals surface area contributed by atoms with Gasteiger partial charge in [0.05, 0.1) is 0 Å². The summed E-state index contributed by atoms with van der Waals surface area (Å²) < 4.78 is -0.213. The van der Waals surface area contributed by atoms with E-state index in [0.717, 1.165) is 0 Å². The van der Waals surface area contributed by atoms with E-state index in [1.807, 2.05) is 0 Å². The zero-order valence-corrected chi connectivity index (χ0v) is 4.40. The molecule has 0 aromatic rings. The Morgan fingerprint density at radius 1 is 1.20 bits per heavy atom. The zero-order chi connectivity index (χ0) is 3.86. The molecule has 0 saturated carbocycles. The molecule has 3 heteroatoms. The van der Waals surface area contributed by atoms with Gasteiger partial charge in [0.2, 0.25) is 0 Å². The first kappa shape index (κ1) is 3.23. The molecular weight excluding hydrogens is 251 g/mol. The fourth-order valence-electron chi connectivity index (χ4n) is 0.0455. The van der Waals surface area contributed by atoms with E-state index in [2.05, 4.69) is 0 Å². The van der Waals surface area contributed by atoms with Crippen molar-refractivity contribution in [1.82, 2.24) is 0 Å². The van der Waals surface area contributed by atoms with E-state index < -0.39 is 18.6 Å². The Labute approximate surface area is 37.1 Å². The second kappa shape index (κ2) is 0.748. The molecule has 1 fully saturated rings. The summed E-state index contributed by atoms with van der Waals surface area (Å²) in [7, 11) is 0. The van der Waals surface area contributed by atoms with E-state index >= 15 is 0 Å². The van der Waals surface area contributed by atoms with Crippen molar-refractivity contribution in [1.29, 1.82) is 0 Å². The molecule has 0 N–H and O–H groups in total. The Balaban J connectivity index is 2.81. The predicted octanol–water partition coefficient (Wildman–Crippen LogP) is -0.864. The fraction of sp³-hybridized carbons (Fsp3) is 0. The van der Waals surface area contributed by atoms with Gasteiger partial charge >= 0.3 is 36.5 Å². The van der Waals surface area contributed by atoms with Gasteiger partial charge < -0.3 is 0 Å². The van der Waals surface area contributed by atoms with Crippen LogP contribution in [0.4, 0.5) is 0 Å². The molecule has 0 radical (unpaired) electrons. The van der Waals surface area contributed by atoms with E-state index in [1.54, 1.807) is 0 Å². The fourth-order valence-corrected chi connectivity index (χ4v) is 0.372. The third-order valence-electron chi connectivity index (χ3n) is 0.250. The summed E-state index contributed by atoms with van der Waals surface area (Å²) in [5.41, 5.74) is 0.